The SMILES string of the molecule is CCNC(=O)C(F)C(C)C. The first-order valence-corrected chi connectivity index (χ1v) is 3.51. The molecule has 1 atom stereocenters. The van der Waals surface area contributed by atoms with E-state index in [0.29, 0.717) is 6.54 Å². The van der Waals surface area contributed by atoms with Crippen LogP contribution in [0.2, 0.25) is 0 Å². The predicted molar refractivity (Wildman–Crippen MR) is 38.4 cm³/mol. The van der Waals surface area contributed by atoms with E-state index in [1.165, 1.54) is 0 Å². The molecule has 60 valence electrons. The summed E-state index contributed by atoms with van der Waals surface area (Å²) in [5.41, 5.74) is 0. The van der Waals surface area contributed by atoms with Crippen LogP contribution in [-0.4, -0.2) is 18.6 Å². The molecule has 10 heavy (non-hydrogen) atoms. The molecule has 1 N–H and O–H groups in total. The van der Waals surface area contributed by atoms with Crippen LogP contribution >= 0.6 is 0 Å². The van der Waals surface area contributed by atoms with E-state index in [4.69, 9.17) is 0 Å². The average Bonchev–Trinajstić information content (AvgIpc) is 1.87. The summed E-state index contributed by atoms with van der Waals surface area (Å²) in [5, 5.41) is 2.41. The number of halogens is 1. The average molecular weight is 147 g/mol. The fourth-order valence-electron chi connectivity index (χ4n) is 0.574. The predicted octanol–water partition coefficient (Wildman–Crippen LogP) is 1.12. The van der Waals surface area contributed by atoms with Crippen molar-refractivity contribution in [1.82, 2.24) is 5.32 Å². The van der Waals surface area contributed by atoms with Crippen molar-refractivity contribution in [2.45, 2.75) is 26.9 Å². The standard InChI is InChI=1S/C7H14FNO/c1-4-9-7(10)6(8)5(2)3/h5-6H,4H2,1-3H3,(H,9,10). The molecule has 0 saturated heterocycles. The number of carbonyl (C=O) groups is 1. The molecule has 0 aromatic rings. The minimum absolute atomic E-state index is 0.230. The van der Waals surface area contributed by atoms with Crippen LogP contribution < -0.4 is 5.32 Å². The van der Waals surface area contributed by atoms with Crippen LogP contribution in [0.25, 0.3) is 0 Å². The first kappa shape index (κ1) is 9.40. The second-order valence-corrected chi connectivity index (χ2v) is 2.54. The number of rotatable bonds is 3. The minimum atomic E-state index is -1.36. The molecule has 1 unspecified atom stereocenters. The molecular weight excluding hydrogens is 133 g/mol. The Bertz CT molecular complexity index is 114. The van der Waals surface area contributed by atoms with Gasteiger partial charge in [0.05, 0.1) is 0 Å². The number of hydrogen-bond acceptors (Lipinski definition) is 1. The van der Waals surface area contributed by atoms with Gasteiger partial charge in [-0.1, -0.05) is 13.8 Å². The van der Waals surface area contributed by atoms with E-state index in [9.17, 15) is 9.18 Å². The van der Waals surface area contributed by atoms with Crippen molar-refractivity contribution in [3.05, 3.63) is 0 Å². The Morgan fingerprint density at radius 3 is 2.40 bits per heavy atom. The normalized spacial score (nSPS) is 13.3. The van der Waals surface area contributed by atoms with Crippen molar-refractivity contribution in [1.29, 1.82) is 0 Å². The Hall–Kier alpha value is -0.600. The third-order valence-electron chi connectivity index (χ3n) is 1.19. The highest BCUT2D eigenvalue weighted by Crippen LogP contribution is 2.04. The van der Waals surface area contributed by atoms with E-state index in [0.717, 1.165) is 0 Å². The van der Waals surface area contributed by atoms with Crippen molar-refractivity contribution in [3.63, 3.8) is 0 Å². The van der Waals surface area contributed by atoms with Crippen LogP contribution in [0.15, 0.2) is 0 Å². The van der Waals surface area contributed by atoms with Crippen molar-refractivity contribution < 1.29 is 9.18 Å². The van der Waals surface area contributed by atoms with Gasteiger partial charge in [-0.3, -0.25) is 4.79 Å². The van der Waals surface area contributed by atoms with Crippen LogP contribution in [0.4, 0.5) is 4.39 Å². The van der Waals surface area contributed by atoms with Crippen molar-refractivity contribution in [2.24, 2.45) is 5.92 Å². The summed E-state index contributed by atoms with van der Waals surface area (Å²) in [6.45, 7) is 5.62. The van der Waals surface area contributed by atoms with E-state index in [2.05, 4.69) is 5.32 Å². The quantitative estimate of drug-likeness (QED) is 0.636. The van der Waals surface area contributed by atoms with E-state index in [1.807, 2.05) is 0 Å². The van der Waals surface area contributed by atoms with Gasteiger partial charge in [-0.15, -0.1) is 0 Å². The molecular formula is C7H14FNO. The van der Waals surface area contributed by atoms with Gasteiger partial charge in [-0.2, -0.15) is 0 Å². The number of alkyl halides is 1. The smallest absolute Gasteiger partial charge is 0.254 e. The lowest BCUT2D eigenvalue weighted by Crippen LogP contribution is -2.34. The zero-order chi connectivity index (χ0) is 8.15. The number of nitrogens with one attached hydrogen (secondary N) is 1. The lowest BCUT2D eigenvalue weighted by molar-refractivity contribution is -0.127. The first-order chi connectivity index (χ1) is 4.59. The summed E-state index contributed by atoms with van der Waals surface area (Å²) in [7, 11) is 0. The highest BCUT2D eigenvalue weighted by molar-refractivity contribution is 5.80. The van der Waals surface area contributed by atoms with Crippen LogP contribution in [-0.2, 0) is 4.79 Å². The van der Waals surface area contributed by atoms with Crippen molar-refractivity contribution in [3.8, 4) is 0 Å². The highest BCUT2D eigenvalue weighted by atomic mass is 19.1. The summed E-state index contributed by atoms with van der Waals surface area (Å²) in [6.07, 6.45) is -1.36. The molecule has 3 heteroatoms. The molecule has 0 spiro atoms. The van der Waals surface area contributed by atoms with Crippen LogP contribution in [0.5, 0.6) is 0 Å². The van der Waals surface area contributed by atoms with Crippen molar-refractivity contribution >= 4 is 5.91 Å². The molecule has 0 aliphatic heterocycles. The Morgan fingerprint density at radius 1 is 1.60 bits per heavy atom. The van der Waals surface area contributed by atoms with E-state index < -0.39 is 12.1 Å². The zero-order valence-corrected chi connectivity index (χ0v) is 6.65. The Balaban J connectivity index is 3.71. The summed E-state index contributed by atoms with van der Waals surface area (Å²) in [6, 6.07) is 0. The fraction of sp³-hybridized carbons (Fsp3) is 0.857. The minimum Gasteiger partial charge on any atom is -0.354 e. The molecule has 0 saturated carbocycles. The van der Waals surface area contributed by atoms with Gasteiger partial charge in [0.15, 0.2) is 6.17 Å². The van der Waals surface area contributed by atoms with Gasteiger partial charge in [0.1, 0.15) is 0 Å². The van der Waals surface area contributed by atoms with Gasteiger partial charge in [0.25, 0.3) is 5.91 Å². The maximum atomic E-state index is 12.7. The lowest BCUT2D eigenvalue weighted by atomic mass is 10.1. The Kier molecular flexibility index (Phi) is 4.00. The van der Waals surface area contributed by atoms with E-state index >= 15 is 0 Å². The molecule has 0 rings (SSSR count). The monoisotopic (exact) mass is 147 g/mol. The molecule has 0 radical (unpaired) electrons. The fourth-order valence-corrected chi connectivity index (χ4v) is 0.574. The molecule has 0 aliphatic carbocycles. The van der Waals surface area contributed by atoms with Gasteiger partial charge in [0.2, 0.25) is 0 Å². The zero-order valence-electron chi connectivity index (χ0n) is 6.65. The maximum Gasteiger partial charge on any atom is 0.254 e. The summed E-state index contributed by atoms with van der Waals surface area (Å²) >= 11 is 0. The van der Waals surface area contributed by atoms with Crippen LogP contribution in [0.1, 0.15) is 20.8 Å². The molecule has 0 heterocycles. The molecule has 0 bridgehead atoms. The topological polar surface area (TPSA) is 29.1 Å². The molecule has 0 aliphatic rings. The van der Waals surface area contributed by atoms with Gasteiger partial charge in [-0.25, -0.2) is 4.39 Å². The number of carbonyl (C=O) groups excluding carboxylic acids is 1. The second kappa shape index (κ2) is 4.25. The number of amides is 1. The highest BCUT2D eigenvalue weighted by Gasteiger charge is 2.19. The van der Waals surface area contributed by atoms with Gasteiger partial charge in [0, 0.05) is 6.54 Å². The lowest BCUT2D eigenvalue weighted by Gasteiger charge is -2.10. The van der Waals surface area contributed by atoms with E-state index in [-0.39, 0.29) is 5.92 Å². The second-order valence-electron chi connectivity index (χ2n) is 2.54. The Morgan fingerprint density at radius 2 is 2.10 bits per heavy atom. The van der Waals surface area contributed by atoms with Crippen LogP contribution in [0.3, 0.4) is 0 Å². The summed E-state index contributed by atoms with van der Waals surface area (Å²) in [5.74, 6) is -0.732. The van der Waals surface area contributed by atoms with Gasteiger partial charge >= 0.3 is 0 Å². The van der Waals surface area contributed by atoms with Gasteiger partial charge < -0.3 is 5.32 Å². The molecule has 0 aromatic carbocycles. The molecule has 0 aromatic heterocycles. The molecule has 1 amide bonds. The van der Waals surface area contributed by atoms with Crippen LogP contribution in [0, 0.1) is 5.92 Å². The number of hydrogen-bond donors (Lipinski definition) is 1. The maximum absolute atomic E-state index is 12.7. The Labute approximate surface area is 60.8 Å². The summed E-state index contributed by atoms with van der Waals surface area (Å²) in [4.78, 5) is 10.7. The van der Waals surface area contributed by atoms with Gasteiger partial charge in [-0.05, 0) is 12.8 Å². The first-order valence-electron chi connectivity index (χ1n) is 3.51. The molecule has 0 fully saturated rings. The summed E-state index contributed by atoms with van der Waals surface area (Å²) < 4.78 is 12.7. The van der Waals surface area contributed by atoms with Crippen molar-refractivity contribution in [2.75, 3.05) is 6.54 Å². The third kappa shape index (κ3) is 2.80. The van der Waals surface area contributed by atoms with E-state index in [1.54, 1.807) is 20.8 Å². The largest absolute Gasteiger partial charge is 0.354 e. The third-order valence-corrected chi connectivity index (χ3v) is 1.19. The molecule has 2 nitrogen and oxygen atoms in total.